The Morgan fingerprint density at radius 2 is 2.14 bits per heavy atom. The second kappa shape index (κ2) is 6.37. The van der Waals surface area contributed by atoms with Gasteiger partial charge in [0, 0.05) is 21.9 Å². The predicted molar refractivity (Wildman–Crippen MR) is 85.0 cm³/mol. The number of rotatable bonds is 4. The normalized spacial score (nSPS) is 13.5. The standard InChI is InChI=1S/C16H17BrN2O2/c1-11-8-12(6-7-18-11)15(21)19-16(2,10-20)13-4-3-5-14(17)9-13/h3-9,20H,10H2,1-2H3,(H,19,21). The minimum absolute atomic E-state index is 0.195. The van der Waals surface area contributed by atoms with Crippen molar-refractivity contribution in [3.63, 3.8) is 0 Å². The molecule has 1 unspecified atom stereocenters. The molecule has 1 aromatic heterocycles. The first-order chi connectivity index (χ1) is 9.94. The zero-order valence-corrected chi connectivity index (χ0v) is 13.5. The topological polar surface area (TPSA) is 62.2 Å². The summed E-state index contributed by atoms with van der Waals surface area (Å²) in [6, 6.07) is 10.9. The highest BCUT2D eigenvalue weighted by atomic mass is 79.9. The number of carbonyl (C=O) groups excluding carboxylic acids is 1. The van der Waals surface area contributed by atoms with Crippen molar-refractivity contribution in [1.82, 2.24) is 10.3 Å². The molecular weight excluding hydrogens is 332 g/mol. The number of hydrogen-bond donors (Lipinski definition) is 2. The van der Waals surface area contributed by atoms with E-state index >= 15 is 0 Å². The first-order valence-electron chi connectivity index (χ1n) is 6.57. The number of halogens is 1. The summed E-state index contributed by atoms with van der Waals surface area (Å²) in [6.07, 6.45) is 1.60. The number of aliphatic hydroxyl groups is 1. The third-order valence-electron chi connectivity index (χ3n) is 3.33. The van der Waals surface area contributed by atoms with E-state index < -0.39 is 5.54 Å². The molecule has 1 heterocycles. The average molecular weight is 349 g/mol. The van der Waals surface area contributed by atoms with Crippen LogP contribution < -0.4 is 5.32 Å². The number of benzene rings is 1. The van der Waals surface area contributed by atoms with Gasteiger partial charge < -0.3 is 10.4 Å². The molecule has 1 aromatic carbocycles. The van der Waals surface area contributed by atoms with E-state index in [0.29, 0.717) is 5.56 Å². The molecule has 0 fully saturated rings. The van der Waals surface area contributed by atoms with Crippen molar-refractivity contribution in [3.8, 4) is 0 Å². The molecule has 0 radical (unpaired) electrons. The highest BCUT2D eigenvalue weighted by Gasteiger charge is 2.28. The first-order valence-corrected chi connectivity index (χ1v) is 7.36. The number of hydrogen-bond acceptors (Lipinski definition) is 3. The smallest absolute Gasteiger partial charge is 0.252 e. The van der Waals surface area contributed by atoms with Crippen LogP contribution in [-0.4, -0.2) is 22.6 Å². The Labute approximate surface area is 132 Å². The van der Waals surface area contributed by atoms with Crippen molar-refractivity contribution in [1.29, 1.82) is 0 Å². The van der Waals surface area contributed by atoms with Gasteiger partial charge in [-0.15, -0.1) is 0 Å². The summed E-state index contributed by atoms with van der Waals surface area (Å²) in [5.41, 5.74) is 1.28. The molecule has 2 aromatic rings. The molecule has 0 spiro atoms. The monoisotopic (exact) mass is 348 g/mol. The second-order valence-electron chi connectivity index (χ2n) is 5.14. The van der Waals surface area contributed by atoms with Gasteiger partial charge in [0.15, 0.2) is 0 Å². The van der Waals surface area contributed by atoms with Crippen LogP contribution in [0.3, 0.4) is 0 Å². The number of aryl methyl sites for hydroxylation is 1. The van der Waals surface area contributed by atoms with E-state index in [4.69, 9.17) is 0 Å². The van der Waals surface area contributed by atoms with Crippen molar-refractivity contribution in [2.75, 3.05) is 6.61 Å². The van der Waals surface area contributed by atoms with E-state index in [1.165, 1.54) is 0 Å². The number of amides is 1. The third kappa shape index (κ3) is 3.68. The predicted octanol–water partition coefficient (Wildman–Crippen LogP) is 2.79. The van der Waals surface area contributed by atoms with Gasteiger partial charge in [-0.3, -0.25) is 9.78 Å². The van der Waals surface area contributed by atoms with Gasteiger partial charge in [0.25, 0.3) is 5.91 Å². The lowest BCUT2D eigenvalue weighted by Gasteiger charge is -2.29. The highest BCUT2D eigenvalue weighted by Crippen LogP contribution is 2.24. The number of pyridine rings is 1. The Kier molecular flexibility index (Phi) is 4.75. The minimum atomic E-state index is -0.849. The molecule has 110 valence electrons. The van der Waals surface area contributed by atoms with Crippen molar-refractivity contribution in [2.45, 2.75) is 19.4 Å². The summed E-state index contributed by atoms with van der Waals surface area (Å²) in [6.45, 7) is 3.43. The molecule has 0 saturated carbocycles. The SMILES string of the molecule is Cc1cc(C(=O)NC(C)(CO)c2cccc(Br)c2)ccn1. The molecular formula is C16H17BrN2O2. The Morgan fingerprint density at radius 1 is 1.38 bits per heavy atom. The lowest BCUT2D eigenvalue weighted by Crippen LogP contribution is -2.46. The fourth-order valence-corrected chi connectivity index (χ4v) is 2.44. The Hall–Kier alpha value is -1.72. The van der Waals surface area contributed by atoms with Crippen molar-refractivity contribution >= 4 is 21.8 Å². The van der Waals surface area contributed by atoms with Crippen molar-refractivity contribution < 1.29 is 9.90 Å². The van der Waals surface area contributed by atoms with E-state index in [0.717, 1.165) is 15.7 Å². The Bertz CT molecular complexity index is 660. The molecule has 1 amide bonds. The van der Waals surface area contributed by atoms with Gasteiger partial charge in [0.05, 0.1) is 12.1 Å². The van der Waals surface area contributed by atoms with Crippen LogP contribution in [0, 0.1) is 6.92 Å². The van der Waals surface area contributed by atoms with Gasteiger partial charge in [0.1, 0.15) is 0 Å². The van der Waals surface area contributed by atoms with E-state index in [1.807, 2.05) is 31.2 Å². The van der Waals surface area contributed by atoms with Crippen molar-refractivity contribution in [2.24, 2.45) is 0 Å². The highest BCUT2D eigenvalue weighted by molar-refractivity contribution is 9.10. The van der Waals surface area contributed by atoms with Gasteiger partial charge in [-0.2, -0.15) is 0 Å². The quantitative estimate of drug-likeness (QED) is 0.892. The van der Waals surface area contributed by atoms with Gasteiger partial charge in [-0.05, 0) is 43.7 Å². The number of nitrogens with zero attached hydrogens (tertiary/aromatic N) is 1. The van der Waals surface area contributed by atoms with Crippen LogP contribution in [0.4, 0.5) is 0 Å². The molecule has 4 nitrogen and oxygen atoms in total. The fourth-order valence-electron chi connectivity index (χ4n) is 2.04. The summed E-state index contributed by atoms with van der Waals surface area (Å²) in [5.74, 6) is -0.239. The summed E-state index contributed by atoms with van der Waals surface area (Å²) in [7, 11) is 0. The molecule has 0 saturated heterocycles. The van der Waals surface area contributed by atoms with Crippen LogP contribution in [0.15, 0.2) is 47.1 Å². The van der Waals surface area contributed by atoms with Gasteiger partial charge in [-0.25, -0.2) is 0 Å². The Morgan fingerprint density at radius 3 is 2.76 bits per heavy atom. The molecule has 0 bridgehead atoms. The molecule has 5 heteroatoms. The zero-order chi connectivity index (χ0) is 15.5. The molecule has 0 aliphatic rings. The van der Waals surface area contributed by atoms with Crippen LogP contribution in [0.25, 0.3) is 0 Å². The summed E-state index contributed by atoms with van der Waals surface area (Å²) < 4.78 is 0.897. The van der Waals surface area contributed by atoms with E-state index in [9.17, 15) is 9.90 Å². The van der Waals surface area contributed by atoms with Gasteiger partial charge in [0.2, 0.25) is 0 Å². The summed E-state index contributed by atoms with van der Waals surface area (Å²) in [5, 5.41) is 12.6. The number of aromatic nitrogens is 1. The molecule has 2 N–H and O–H groups in total. The van der Waals surface area contributed by atoms with E-state index in [1.54, 1.807) is 25.3 Å². The van der Waals surface area contributed by atoms with Crippen LogP contribution >= 0.6 is 15.9 Å². The molecule has 1 atom stereocenters. The summed E-state index contributed by atoms with van der Waals surface area (Å²) >= 11 is 3.40. The van der Waals surface area contributed by atoms with Crippen LogP contribution in [-0.2, 0) is 5.54 Å². The van der Waals surface area contributed by atoms with Crippen molar-refractivity contribution in [3.05, 3.63) is 63.9 Å². The molecule has 2 rings (SSSR count). The largest absolute Gasteiger partial charge is 0.394 e. The fraction of sp³-hybridized carbons (Fsp3) is 0.250. The van der Waals surface area contributed by atoms with Gasteiger partial charge in [-0.1, -0.05) is 28.1 Å². The second-order valence-corrected chi connectivity index (χ2v) is 6.06. The van der Waals surface area contributed by atoms with Crippen LogP contribution in [0.2, 0.25) is 0 Å². The summed E-state index contributed by atoms with van der Waals surface area (Å²) in [4.78, 5) is 16.4. The maximum Gasteiger partial charge on any atom is 0.252 e. The van der Waals surface area contributed by atoms with E-state index in [2.05, 4.69) is 26.2 Å². The van der Waals surface area contributed by atoms with Crippen LogP contribution in [0.5, 0.6) is 0 Å². The third-order valence-corrected chi connectivity index (χ3v) is 3.82. The maximum absolute atomic E-state index is 12.4. The maximum atomic E-state index is 12.4. The number of nitrogens with one attached hydrogen (secondary N) is 1. The molecule has 0 aliphatic heterocycles. The first kappa shape index (κ1) is 15.7. The van der Waals surface area contributed by atoms with Gasteiger partial charge >= 0.3 is 0 Å². The molecule has 21 heavy (non-hydrogen) atoms. The lowest BCUT2D eigenvalue weighted by atomic mass is 9.92. The Balaban J connectivity index is 2.28. The molecule has 0 aliphatic carbocycles. The average Bonchev–Trinajstić information content (AvgIpc) is 2.47. The van der Waals surface area contributed by atoms with E-state index in [-0.39, 0.29) is 12.5 Å². The number of aliphatic hydroxyl groups excluding tert-OH is 1. The number of carbonyl (C=O) groups is 1. The van der Waals surface area contributed by atoms with Crippen LogP contribution in [0.1, 0.15) is 28.5 Å². The zero-order valence-electron chi connectivity index (χ0n) is 11.9. The minimum Gasteiger partial charge on any atom is -0.394 e. The lowest BCUT2D eigenvalue weighted by molar-refractivity contribution is 0.0849.